The van der Waals surface area contributed by atoms with Crippen LogP contribution in [0.1, 0.15) is 25.0 Å². The molecule has 0 fully saturated rings. The van der Waals surface area contributed by atoms with Crippen molar-refractivity contribution in [2.45, 2.75) is 19.3 Å². The lowest BCUT2D eigenvalue weighted by Crippen LogP contribution is -2.15. The van der Waals surface area contributed by atoms with E-state index < -0.39 is 0 Å². The molecule has 0 N–H and O–H groups in total. The van der Waals surface area contributed by atoms with Gasteiger partial charge in [-0.1, -0.05) is 129 Å². The highest BCUT2D eigenvalue weighted by Gasteiger charge is 2.36. The maximum atomic E-state index is 6.38. The van der Waals surface area contributed by atoms with Gasteiger partial charge in [-0.15, -0.1) is 11.3 Å². The van der Waals surface area contributed by atoms with E-state index in [0.29, 0.717) is 0 Å². The Morgan fingerprint density at radius 2 is 1.00 bits per heavy atom. The summed E-state index contributed by atoms with van der Waals surface area (Å²) in [5, 5.41) is 12.7. The number of hydrogen-bond donors (Lipinski definition) is 0. The molecule has 0 radical (unpaired) electrons. The van der Waals surface area contributed by atoms with E-state index in [0.717, 1.165) is 21.9 Å². The van der Waals surface area contributed by atoms with Crippen molar-refractivity contribution in [3.05, 3.63) is 169 Å². The highest BCUT2D eigenvalue weighted by molar-refractivity contribution is 7.26. The van der Waals surface area contributed by atoms with Crippen molar-refractivity contribution in [1.29, 1.82) is 0 Å². The quantitative estimate of drug-likeness (QED) is 0.164. The molecule has 0 spiro atoms. The van der Waals surface area contributed by atoms with E-state index in [2.05, 4.69) is 166 Å². The number of hydrogen-bond acceptors (Lipinski definition) is 2. The largest absolute Gasteiger partial charge is 0.456 e. The molecule has 0 amide bonds. The van der Waals surface area contributed by atoms with E-state index >= 15 is 0 Å². The van der Waals surface area contributed by atoms with Crippen LogP contribution in [0.5, 0.6) is 0 Å². The maximum absolute atomic E-state index is 6.38. The molecule has 0 aliphatic heterocycles. The average Bonchev–Trinajstić information content (AvgIpc) is 3.83. The Morgan fingerprint density at radius 1 is 0.415 bits per heavy atom. The summed E-state index contributed by atoms with van der Waals surface area (Å²) >= 11 is 1.92. The van der Waals surface area contributed by atoms with Crippen LogP contribution in [0.25, 0.3) is 108 Å². The molecule has 2 heterocycles. The summed E-state index contributed by atoms with van der Waals surface area (Å²) in [5.74, 6) is 0. The second kappa shape index (κ2) is 10.4. The van der Waals surface area contributed by atoms with Gasteiger partial charge in [-0.3, -0.25) is 0 Å². The minimum Gasteiger partial charge on any atom is -0.456 e. The van der Waals surface area contributed by atoms with Gasteiger partial charge in [-0.2, -0.15) is 0 Å². The smallest absolute Gasteiger partial charge is 0.136 e. The molecule has 0 atom stereocenters. The molecule has 11 aromatic rings. The van der Waals surface area contributed by atoms with Gasteiger partial charge in [0.2, 0.25) is 0 Å². The lowest BCUT2D eigenvalue weighted by molar-refractivity contribution is 0.661. The predicted molar refractivity (Wildman–Crippen MR) is 228 cm³/mol. The fourth-order valence-corrected chi connectivity index (χ4v) is 10.7. The fraction of sp³-hybridized carbons (Fsp3) is 0.0588. The first-order valence-corrected chi connectivity index (χ1v) is 19.2. The van der Waals surface area contributed by atoms with E-state index in [4.69, 9.17) is 4.42 Å². The minimum atomic E-state index is -0.138. The topological polar surface area (TPSA) is 13.1 Å². The molecule has 1 aliphatic rings. The highest BCUT2D eigenvalue weighted by Crippen LogP contribution is 2.54. The molecule has 0 unspecified atom stereocenters. The Kier molecular flexibility index (Phi) is 5.78. The van der Waals surface area contributed by atoms with E-state index in [1.807, 2.05) is 17.4 Å². The SMILES string of the molecule is CC1(C)c2cc(-c3c4ccccc4c(-c4ccc5c(c4)oc4ccccc45)c4ccccc34)ccc2-c2cc3c(cc21)sc1ccc2ccccc2c13. The van der Waals surface area contributed by atoms with E-state index in [9.17, 15) is 0 Å². The van der Waals surface area contributed by atoms with Crippen LogP contribution in [-0.4, -0.2) is 0 Å². The molecule has 2 aromatic heterocycles. The monoisotopic (exact) mass is 692 g/mol. The molecular weight excluding hydrogens is 661 g/mol. The summed E-state index contributed by atoms with van der Waals surface area (Å²) in [6, 6.07) is 58.5. The van der Waals surface area contributed by atoms with Gasteiger partial charge in [-0.25, -0.2) is 0 Å². The van der Waals surface area contributed by atoms with Crippen molar-refractivity contribution in [3.8, 4) is 33.4 Å². The van der Waals surface area contributed by atoms with Crippen molar-refractivity contribution >= 4 is 85.8 Å². The molecule has 0 bridgehead atoms. The summed E-state index contributed by atoms with van der Waals surface area (Å²) in [6.07, 6.45) is 0. The van der Waals surface area contributed by atoms with Crippen LogP contribution in [0.4, 0.5) is 0 Å². The fourth-order valence-electron chi connectivity index (χ4n) is 9.56. The van der Waals surface area contributed by atoms with E-state index in [-0.39, 0.29) is 5.41 Å². The second-order valence-electron chi connectivity index (χ2n) is 15.2. The summed E-state index contributed by atoms with van der Waals surface area (Å²) in [4.78, 5) is 0. The van der Waals surface area contributed by atoms with Crippen molar-refractivity contribution in [2.24, 2.45) is 0 Å². The van der Waals surface area contributed by atoms with Crippen LogP contribution in [0.15, 0.2) is 162 Å². The van der Waals surface area contributed by atoms with Crippen molar-refractivity contribution in [2.75, 3.05) is 0 Å². The summed E-state index contributed by atoms with van der Waals surface area (Å²) in [7, 11) is 0. The molecule has 0 saturated carbocycles. The van der Waals surface area contributed by atoms with E-state index in [1.165, 1.54) is 97.0 Å². The molecule has 9 aromatic carbocycles. The van der Waals surface area contributed by atoms with Crippen molar-refractivity contribution in [3.63, 3.8) is 0 Å². The third-order valence-corrected chi connectivity index (χ3v) is 13.2. The van der Waals surface area contributed by atoms with Crippen LogP contribution in [0.2, 0.25) is 0 Å². The van der Waals surface area contributed by atoms with E-state index in [1.54, 1.807) is 0 Å². The Morgan fingerprint density at radius 3 is 1.74 bits per heavy atom. The van der Waals surface area contributed by atoms with Crippen molar-refractivity contribution in [1.82, 2.24) is 0 Å². The van der Waals surface area contributed by atoms with Gasteiger partial charge >= 0.3 is 0 Å². The Bertz CT molecular complexity index is 3320. The number of fused-ring (bicyclic) bond motifs is 13. The first-order valence-electron chi connectivity index (χ1n) is 18.4. The molecule has 1 nitrogen and oxygen atoms in total. The Hall–Kier alpha value is -6.22. The third kappa shape index (κ3) is 3.96. The zero-order valence-electron chi connectivity index (χ0n) is 29.3. The summed E-state index contributed by atoms with van der Waals surface area (Å²) in [6.45, 7) is 4.81. The van der Waals surface area contributed by atoms with Gasteiger partial charge in [0.05, 0.1) is 0 Å². The van der Waals surface area contributed by atoms with Crippen LogP contribution in [-0.2, 0) is 5.41 Å². The first kappa shape index (κ1) is 29.4. The molecule has 1 aliphatic carbocycles. The minimum absolute atomic E-state index is 0.138. The lowest BCUT2D eigenvalue weighted by atomic mass is 9.80. The average molecular weight is 693 g/mol. The first-order chi connectivity index (χ1) is 26.0. The molecule has 2 heteroatoms. The lowest BCUT2D eigenvalue weighted by Gasteiger charge is -2.23. The molecular formula is C51H32OS. The highest BCUT2D eigenvalue weighted by atomic mass is 32.1. The Labute approximate surface area is 310 Å². The number of para-hydroxylation sites is 1. The van der Waals surface area contributed by atoms with Crippen LogP contribution >= 0.6 is 11.3 Å². The van der Waals surface area contributed by atoms with Gasteiger partial charge in [0.25, 0.3) is 0 Å². The zero-order chi connectivity index (χ0) is 35.0. The van der Waals surface area contributed by atoms with Gasteiger partial charge in [0.15, 0.2) is 0 Å². The van der Waals surface area contributed by atoms with Gasteiger partial charge in [-0.05, 0) is 119 Å². The molecule has 12 rings (SSSR count). The molecule has 53 heavy (non-hydrogen) atoms. The van der Waals surface area contributed by atoms with Crippen LogP contribution < -0.4 is 0 Å². The van der Waals surface area contributed by atoms with Gasteiger partial charge in [0, 0.05) is 36.4 Å². The Balaban J connectivity index is 1.08. The summed E-state index contributed by atoms with van der Waals surface area (Å²) < 4.78 is 9.10. The number of thiophene rings is 1. The predicted octanol–water partition coefficient (Wildman–Crippen LogP) is 15.1. The number of benzene rings is 9. The van der Waals surface area contributed by atoms with Crippen LogP contribution in [0.3, 0.4) is 0 Å². The van der Waals surface area contributed by atoms with Gasteiger partial charge < -0.3 is 4.42 Å². The number of furan rings is 1. The second-order valence-corrected chi connectivity index (χ2v) is 16.3. The summed E-state index contributed by atoms with van der Waals surface area (Å²) in [5.41, 5.74) is 12.2. The molecule has 0 saturated heterocycles. The van der Waals surface area contributed by atoms with Gasteiger partial charge in [0.1, 0.15) is 11.2 Å². The molecule has 248 valence electrons. The number of rotatable bonds is 2. The normalized spacial score (nSPS) is 13.6. The maximum Gasteiger partial charge on any atom is 0.136 e. The van der Waals surface area contributed by atoms with Crippen molar-refractivity contribution < 1.29 is 4.42 Å². The zero-order valence-corrected chi connectivity index (χ0v) is 30.1. The standard InChI is InChI=1S/C51H32OS/c1-51(2)42-25-30(19-22-33(42)40-27-41-47(28-43(40)51)53-46-24-21-29-11-3-4-12-32(29)50(41)46)48-36-14-5-7-16-38(36)49(39-17-8-6-15-37(39)48)31-20-23-35-34-13-9-10-18-44(34)52-45(35)26-31/h3-28H,1-2H3. The van der Waals surface area contributed by atoms with Crippen LogP contribution in [0, 0.1) is 0 Å². The third-order valence-electron chi connectivity index (χ3n) is 12.0.